The number of benzene rings is 3. The van der Waals surface area contributed by atoms with E-state index < -0.39 is 17.7 Å². The Bertz CT molecular complexity index is 1600. The number of nitrogens with two attached hydrogens (primary N) is 1. The van der Waals surface area contributed by atoms with E-state index in [0.29, 0.717) is 53.2 Å². The van der Waals surface area contributed by atoms with Crippen molar-refractivity contribution in [1.82, 2.24) is 10.5 Å². The van der Waals surface area contributed by atoms with E-state index in [-0.39, 0.29) is 29.2 Å². The molecule has 1 fully saturated rings. The molecule has 1 saturated heterocycles. The first-order chi connectivity index (χ1) is 19.7. The first-order valence-electron chi connectivity index (χ1n) is 13.0. The third-order valence-electron chi connectivity index (χ3n) is 7.22. The van der Waals surface area contributed by atoms with Gasteiger partial charge in [-0.05, 0) is 60.4 Å². The summed E-state index contributed by atoms with van der Waals surface area (Å²) in [6.45, 7) is 2.89. The largest absolute Gasteiger partial charge is 0.378 e. The number of nitrogens with one attached hydrogen (secondary N) is 2. The summed E-state index contributed by atoms with van der Waals surface area (Å²) in [5, 5.41) is 3.06. The quantitative estimate of drug-likeness (QED) is 0.266. The van der Waals surface area contributed by atoms with E-state index in [1.54, 1.807) is 31.5 Å². The molecule has 0 radical (unpaired) electrons. The van der Waals surface area contributed by atoms with E-state index in [0.717, 1.165) is 17.3 Å². The molecule has 0 bridgehead atoms. The van der Waals surface area contributed by atoms with Gasteiger partial charge in [0.05, 0.1) is 30.1 Å². The number of hydrogen-bond donors (Lipinski definition) is 3. The zero-order chi connectivity index (χ0) is 29.3. The molecular weight excluding hydrogens is 535 g/mol. The number of piperidine rings is 1. The van der Waals surface area contributed by atoms with Crippen LogP contribution in [0.1, 0.15) is 12.0 Å². The molecule has 0 unspecified atom stereocenters. The topological polar surface area (TPSA) is 102 Å². The first kappa shape index (κ1) is 28.3. The number of amides is 2. The summed E-state index contributed by atoms with van der Waals surface area (Å²) >= 11 is 0. The monoisotopic (exact) mass is 565 g/mol. The summed E-state index contributed by atoms with van der Waals surface area (Å²) in [5.74, 6) is -2.15. The predicted molar refractivity (Wildman–Crippen MR) is 152 cm³/mol. The zero-order valence-corrected chi connectivity index (χ0v) is 22.8. The van der Waals surface area contributed by atoms with Crippen LogP contribution in [0.3, 0.4) is 0 Å². The normalized spacial score (nSPS) is 17.1. The standard InChI is InChI=1S/C30H30F3N5O3/c1-16-8-18(10-19(31)9-16)23-14-35-26-5-4-17(11-22(26)29(23)38-7-6-25(34)27(15-38)40-2)21-12-20(32)13-24(33)28(21)36-30(39)37-41-3/h4-5,8-14,25,27H,6-7,15,34H2,1-3H3,(H2,36,37,39)/t25-,27+/m0/s1. The zero-order valence-electron chi connectivity index (χ0n) is 22.8. The number of fused-ring (bicyclic) bond motifs is 1. The van der Waals surface area contributed by atoms with E-state index in [9.17, 15) is 18.0 Å². The molecule has 1 aliphatic heterocycles. The second-order valence-corrected chi connectivity index (χ2v) is 10.0. The summed E-state index contributed by atoms with van der Waals surface area (Å²) in [6, 6.07) is 10.8. The van der Waals surface area contributed by atoms with Gasteiger partial charge in [0.15, 0.2) is 0 Å². The SMILES string of the molecule is CONC(=O)Nc1c(F)cc(F)cc1-c1ccc2ncc(-c3cc(C)cc(F)c3)c(N3CC[C@H](N)[C@H](OC)C3)c2c1. The average molecular weight is 566 g/mol. The number of aryl methyl sites for hydroxylation is 1. The average Bonchev–Trinajstić information content (AvgIpc) is 2.93. The Balaban J connectivity index is 1.74. The van der Waals surface area contributed by atoms with Crippen LogP contribution in [0.25, 0.3) is 33.2 Å². The number of aromatic nitrogens is 1. The minimum Gasteiger partial charge on any atom is -0.378 e. The number of hydrogen-bond acceptors (Lipinski definition) is 6. The number of carbonyl (C=O) groups is 1. The summed E-state index contributed by atoms with van der Waals surface area (Å²) in [7, 11) is 2.85. The molecule has 1 aromatic heterocycles. The lowest BCUT2D eigenvalue weighted by atomic mass is 9.94. The van der Waals surface area contributed by atoms with Crippen molar-refractivity contribution >= 4 is 28.3 Å². The van der Waals surface area contributed by atoms with E-state index in [2.05, 4.69) is 25.5 Å². The number of methoxy groups -OCH3 is 1. The van der Waals surface area contributed by atoms with Gasteiger partial charge in [-0.3, -0.25) is 9.82 Å². The van der Waals surface area contributed by atoms with E-state index in [4.69, 9.17) is 10.5 Å². The van der Waals surface area contributed by atoms with Crippen molar-refractivity contribution in [3.8, 4) is 22.3 Å². The van der Waals surface area contributed by atoms with Crippen LogP contribution < -0.4 is 21.4 Å². The Kier molecular flexibility index (Phi) is 8.11. The van der Waals surface area contributed by atoms with Gasteiger partial charge in [0.25, 0.3) is 0 Å². The van der Waals surface area contributed by atoms with Crippen molar-refractivity contribution in [2.24, 2.45) is 5.73 Å². The minimum absolute atomic E-state index is 0.115. The molecule has 8 nitrogen and oxygen atoms in total. The molecule has 2 atom stereocenters. The fourth-order valence-electron chi connectivity index (χ4n) is 5.34. The highest BCUT2D eigenvalue weighted by molar-refractivity contribution is 6.03. The molecule has 214 valence electrons. The smallest absolute Gasteiger partial charge is 0.343 e. The second kappa shape index (κ2) is 11.7. The fourth-order valence-corrected chi connectivity index (χ4v) is 5.34. The number of hydroxylamine groups is 1. The number of pyridine rings is 1. The number of rotatable bonds is 6. The molecule has 3 aromatic carbocycles. The Hall–Kier alpha value is -4.19. The van der Waals surface area contributed by atoms with Gasteiger partial charge in [-0.2, -0.15) is 0 Å². The highest BCUT2D eigenvalue weighted by Crippen LogP contribution is 2.41. The summed E-state index contributed by atoms with van der Waals surface area (Å²) in [4.78, 5) is 23.5. The number of nitrogens with zero attached hydrogens (tertiary/aromatic N) is 2. The van der Waals surface area contributed by atoms with Crippen LogP contribution in [0.15, 0.2) is 54.7 Å². The van der Waals surface area contributed by atoms with Gasteiger partial charge in [-0.15, -0.1) is 0 Å². The third-order valence-corrected chi connectivity index (χ3v) is 7.22. The van der Waals surface area contributed by atoms with Crippen molar-refractivity contribution in [2.45, 2.75) is 25.5 Å². The molecule has 5 rings (SSSR count). The van der Waals surface area contributed by atoms with E-state index in [1.165, 1.54) is 19.2 Å². The van der Waals surface area contributed by atoms with Crippen LogP contribution in [0.5, 0.6) is 0 Å². The van der Waals surface area contributed by atoms with Crippen LogP contribution in [0.4, 0.5) is 29.3 Å². The maximum Gasteiger partial charge on any atom is 0.343 e. The Labute approximate surface area is 235 Å². The summed E-state index contributed by atoms with van der Waals surface area (Å²) in [6.07, 6.45) is 2.11. The van der Waals surface area contributed by atoms with Crippen LogP contribution in [-0.2, 0) is 9.57 Å². The van der Waals surface area contributed by atoms with Crippen molar-refractivity contribution < 1.29 is 27.5 Å². The molecule has 2 heterocycles. The van der Waals surface area contributed by atoms with Gasteiger partial charge in [0.2, 0.25) is 0 Å². The molecule has 0 aliphatic carbocycles. The maximum atomic E-state index is 15.0. The van der Waals surface area contributed by atoms with Crippen molar-refractivity contribution in [3.05, 3.63) is 77.7 Å². The Morgan fingerprint density at radius 1 is 1.02 bits per heavy atom. The molecule has 1 aliphatic rings. The number of carbonyl (C=O) groups excluding carboxylic acids is 1. The molecule has 41 heavy (non-hydrogen) atoms. The van der Waals surface area contributed by atoms with Gasteiger partial charge in [0, 0.05) is 55.0 Å². The van der Waals surface area contributed by atoms with Crippen LogP contribution in [0, 0.1) is 24.4 Å². The second-order valence-electron chi connectivity index (χ2n) is 10.0. The number of anilines is 2. The van der Waals surface area contributed by atoms with Gasteiger partial charge in [-0.1, -0.05) is 12.1 Å². The van der Waals surface area contributed by atoms with Crippen molar-refractivity contribution in [1.29, 1.82) is 0 Å². The summed E-state index contributed by atoms with van der Waals surface area (Å²) < 4.78 is 49.6. The summed E-state index contributed by atoms with van der Waals surface area (Å²) in [5.41, 5.74) is 12.1. The first-order valence-corrected chi connectivity index (χ1v) is 13.0. The van der Waals surface area contributed by atoms with Gasteiger partial charge in [0.1, 0.15) is 17.5 Å². The molecule has 0 saturated carbocycles. The lowest BCUT2D eigenvalue weighted by Gasteiger charge is -2.38. The van der Waals surface area contributed by atoms with Crippen LogP contribution >= 0.6 is 0 Å². The number of urea groups is 1. The van der Waals surface area contributed by atoms with Gasteiger partial charge >= 0.3 is 6.03 Å². The highest BCUT2D eigenvalue weighted by atomic mass is 19.1. The molecule has 4 aromatic rings. The maximum absolute atomic E-state index is 15.0. The fraction of sp³-hybridized carbons (Fsp3) is 0.267. The Morgan fingerprint density at radius 3 is 2.54 bits per heavy atom. The van der Waals surface area contributed by atoms with E-state index in [1.807, 2.05) is 13.0 Å². The predicted octanol–water partition coefficient (Wildman–Crippen LogP) is 5.53. The lowest BCUT2D eigenvalue weighted by molar-refractivity contribution is 0.0731. The Morgan fingerprint density at radius 2 is 1.80 bits per heavy atom. The lowest BCUT2D eigenvalue weighted by Crippen LogP contribution is -2.51. The number of ether oxygens (including phenoxy) is 1. The van der Waals surface area contributed by atoms with E-state index >= 15 is 0 Å². The van der Waals surface area contributed by atoms with Crippen LogP contribution in [0.2, 0.25) is 0 Å². The van der Waals surface area contributed by atoms with Crippen molar-refractivity contribution in [2.75, 3.05) is 37.5 Å². The van der Waals surface area contributed by atoms with Crippen molar-refractivity contribution in [3.63, 3.8) is 0 Å². The molecule has 2 amide bonds. The molecular formula is C30H30F3N5O3. The molecule has 11 heteroatoms. The third kappa shape index (κ3) is 5.83. The highest BCUT2D eigenvalue weighted by Gasteiger charge is 2.29. The molecule has 4 N–H and O–H groups in total. The van der Waals surface area contributed by atoms with Crippen LogP contribution in [-0.4, -0.2) is 50.5 Å². The number of halogens is 3. The minimum atomic E-state index is -0.957. The van der Waals surface area contributed by atoms with Gasteiger partial charge < -0.3 is 20.7 Å². The molecule has 0 spiro atoms. The van der Waals surface area contributed by atoms with Gasteiger partial charge in [-0.25, -0.2) is 23.4 Å².